The lowest BCUT2D eigenvalue weighted by atomic mass is 10.1. The van der Waals surface area contributed by atoms with Gasteiger partial charge in [0.05, 0.1) is 23.4 Å². The van der Waals surface area contributed by atoms with E-state index in [1.54, 1.807) is 0 Å². The van der Waals surface area contributed by atoms with E-state index in [4.69, 9.17) is 5.73 Å². The van der Waals surface area contributed by atoms with Crippen molar-refractivity contribution in [1.82, 2.24) is 4.98 Å². The molecule has 3 aromatic rings. The molecule has 3 N–H and O–H groups in total. The van der Waals surface area contributed by atoms with Crippen molar-refractivity contribution in [3.63, 3.8) is 0 Å². The maximum Gasteiger partial charge on any atom is 0.238 e. The Labute approximate surface area is 134 Å². The lowest BCUT2D eigenvalue weighted by molar-refractivity contribution is -0.114. The highest BCUT2D eigenvalue weighted by molar-refractivity contribution is 6.02. The fourth-order valence-corrected chi connectivity index (χ4v) is 2.33. The topological polar surface area (TPSA) is 68.0 Å². The van der Waals surface area contributed by atoms with Gasteiger partial charge in [-0.15, -0.1) is 0 Å². The molecule has 0 aliphatic carbocycles. The number of para-hydroxylation sites is 1. The molecule has 0 aliphatic heterocycles. The van der Waals surface area contributed by atoms with Crippen LogP contribution in [-0.2, 0) is 4.79 Å². The second-order valence-electron chi connectivity index (χ2n) is 5.11. The number of nitrogens with one attached hydrogen (secondary N) is 1. The molecular weight excluding hydrogens is 286 g/mol. The van der Waals surface area contributed by atoms with E-state index in [0.29, 0.717) is 0 Å². The van der Waals surface area contributed by atoms with Gasteiger partial charge in [0.25, 0.3) is 0 Å². The minimum Gasteiger partial charge on any atom is -0.324 e. The number of carbonyl (C=O) groups excluding carboxylic acids is 1. The first kappa shape index (κ1) is 14.9. The molecule has 2 aromatic carbocycles. The minimum atomic E-state index is -0.223. The number of nitrogens with two attached hydrogens (primary N) is 1. The summed E-state index contributed by atoms with van der Waals surface area (Å²) < 4.78 is 0. The SMILES string of the molecule is NCC(=O)Nc1cc(C=Cc2ccccc2)nc2ccccc12. The summed E-state index contributed by atoms with van der Waals surface area (Å²) in [5.74, 6) is -0.223. The van der Waals surface area contributed by atoms with Gasteiger partial charge in [-0.3, -0.25) is 4.79 Å². The molecule has 0 fully saturated rings. The van der Waals surface area contributed by atoms with Crippen molar-refractivity contribution in [3.8, 4) is 0 Å². The number of benzene rings is 2. The van der Waals surface area contributed by atoms with Gasteiger partial charge in [-0.25, -0.2) is 4.98 Å². The van der Waals surface area contributed by atoms with Gasteiger partial charge in [0.15, 0.2) is 0 Å². The van der Waals surface area contributed by atoms with Gasteiger partial charge >= 0.3 is 0 Å². The number of fused-ring (bicyclic) bond motifs is 1. The van der Waals surface area contributed by atoms with E-state index in [-0.39, 0.29) is 12.5 Å². The molecule has 0 bridgehead atoms. The molecule has 4 heteroatoms. The fourth-order valence-electron chi connectivity index (χ4n) is 2.33. The average Bonchev–Trinajstić information content (AvgIpc) is 2.60. The first-order valence-corrected chi connectivity index (χ1v) is 7.39. The summed E-state index contributed by atoms with van der Waals surface area (Å²) >= 11 is 0. The zero-order chi connectivity index (χ0) is 16.1. The van der Waals surface area contributed by atoms with Crippen LogP contribution in [0.5, 0.6) is 0 Å². The molecule has 1 heterocycles. The van der Waals surface area contributed by atoms with Crippen LogP contribution in [0.4, 0.5) is 5.69 Å². The van der Waals surface area contributed by atoms with Crippen LogP contribution in [-0.4, -0.2) is 17.4 Å². The van der Waals surface area contributed by atoms with Gasteiger partial charge in [-0.1, -0.05) is 54.6 Å². The van der Waals surface area contributed by atoms with Crippen LogP contribution in [0.2, 0.25) is 0 Å². The Hall–Kier alpha value is -2.98. The van der Waals surface area contributed by atoms with Crippen molar-refractivity contribution in [2.45, 2.75) is 0 Å². The Balaban J connectivity index is 2.01. The number of hydrogen-bond acceptors (Lipinski definition) is 3. The molecule has 114 valence electrons. The molecule has 0 aliphatic rings. The maximum atomic E-state index is 11.6. The quantitative estimate of drug-likeness (QED) is 0.777. The fraction of sp³-hybridized carbons (Fsp3) is 0.0526. The van der Waals surface area contributed by atoms with Crippen LogP contribution in [0.3, 0.4) is 0 Å². The van der Waals surface area contributed by atoms with Crippen molar-refractivity contribution in [1.29, 1.82) is 0 Å². The molecule has 0 radical (unpaired) electrons. The largest absolute Gasteiger partial charge is 0.324 e. The number of hydrogen-bond donors (Lipinski definition) is 2. The second kappa shape index (κ2) is 6.85. The standard InChI is InChI=1S/C19H17N3O/c20-13-19(23)22-18-12-15(11-10-14-6-2-1-3-7-14)21-17-9-5-4-8-16(17)18/h1-12H,13,20H2,(H,21,22,23). The Bertz CT molecular complexity index is 857. The number of rotatable bonds is 4. The number of amides is 1. The normalized spacial score (nSPS) is 11.0. The maximum absolute atomic E-state index is 11.6. The van der Waals surface area contributed by atoms with Crippen LogP contribution in [0.1, 0.15) is 11.3 Å². The summed E-state index contributed by atoms with van der Waals surface area (Å²) in [5, 5.41) is 3.73. The Morgan fingerprint density at radius 1 is 1.04 bits per heavy atom. The van der Waals surface area contributed by atoms with Crippen molar-refractivity contribution >= 4 is 34.6 Å². The summed E-state index contributed by atoms with van der Waals surface area (Å²) in [5.41, 5.74) is 8.82. The third-order valence-corrected chi connectivity index (χ3v) is 3.44. The van der Waals surface area contributed by atoms with Crippen LogP contribution in [0.25, 0.3) is 23.1 Å². The Morgan fingerprint density at radius 2 is 1.78 bits per heavy atom. The smallest absolute Gasteiger partial charge is 0.238 e. The molecule has 0 spiro atoms. The highest BCUT2D eigenvalue weighted by Gasteiger charge is 2.06. The number of nitrogens with zero attached hydrogens (tertiary/aromatic N) is 1. The summed E-state index contributed by atoms with van der Waals surface area (Å²) in [6, 6.07) is 19.5. The Morgan fingerprint density at radius 3 is 2.57 bits per heavy atom. The first-order valence-electron chi connectivity index (χ1n) is 7.39. The molecule has 1 amide bonds. The molecule has 23 heavy (non-hydrogen) atoms. The summed E-state index contributed by atoms with van der Waals surface area (Å²) in [7, 11) is 0. The van der Waals surface area contributed by atoms with Crippen LogP contribution >= 0.6 is 0 Å². The third-order valence-electron chi connectivity index (χ3n) is 3.44. The lowest BCUT2D eigenvalue weighted by Gasteiger charge is -2.09. The predicted octanol–water partition coefficient (Wildman–Crippen LogP) is 3.30. The van der Waals surface area contributed by atoms with Crippen LogP contribution < -0.4 is 11.1 Å². The van der Waals surface area contributed by atoms with Crippen LogP contribution in [0, 0.1) is 0 Å². The molecule has 3 rings (SSSR count). The summed E-state index contributed by atoms with van der Waals surface area (Å²) in [4.78, 5) is 16.3. The van der Waals surface area contributed by atoms with E-state index in [0.717, 1.165) is 27.8 Å². The molecule has 0 unspecified atom stereocenters. The van der Waals surface area contributed by atoms with E-state index < -0.39 is 0 Å². The molecule has 0 atom stereocenters. The van der Waals surface area contributed by atoms with E-state index in [2.05, 4.69) is 10.3 Å². The minimum absolute atomic E-state index is 0.0498. The van der Waals surface area contributed by atoms with Crippen molar-refractivity contribution in [2.24, 2.45) is 5.73 Å². The van der Waals surface area contributed by atoms with Gasteiger partial charge in [-0.2, -0.15) is 0 Å². The molecule has 1 aromatic heterocycles. The van der Waals surface area contributed by atoms with Crippen LogP contribution in [0.15, 0.2) is 60.7 Å². The number of carbonyl (C=O) groups is 1. The molecule has 0 saturated heterocycles. The van der Waals surface area contributed by atoms with E-state index in [1.807, 2.05) is 72.8 Å². The monoisotopic (exact) mass is 303 g/mol. The highest BCUT2D eigenvalue weighted by atomic mass is 16.1. The van der Waals surface area contributed by atoms with E-state index in [9.17, 15) is 4.79 Å². The van der Waals surface area contributed by atoms with Gasteiger partial charge in [0.1, 0.15) is 0 Å². The predicted molar refractivity (Wildman–Crippen MR) is 94.8 cm³/mol. The van der Waals surface area contributed by atoms with Crippen molar-refractivity contribution in [2.75, 3.05) is 11.9 Å². The van der Waals surface area contributed by atoms with E-state index in [1.165, 1.54) is 0 Å². The average molecular weight is 303 g/mol. The van der Waals surface area contributed by atoms with Crippen molar-refractivity contribution < 1.29 is 4.79 Å². The molecular formula is C19H17N3O. The summed E-state index contributed by atoms with van der Waals surface area (Å²) in [6.07, 6.45) is 3.92. The zero-order valence-corrected chi connectivity index (χ0v) is 12.6. The second-order valence-corrected chi connectivity index (χ2v) is 5.11. The van der Waals surface area contributed by atoms with Gasteiger partial charge in [0.2, 0.25) is 5.91 Å². The summed E-state index contributed by atoms with van der Waals surface area (Å²) in [6.45, 7) is -0.0498. The Kier molecular flexibility index (Phi) is 4.45. The molecule has 0 saturated carbocycles. The van der Waals surface area contributed by atoms with Gasteiger partial charge < -0.3 is 11.1 Å². The number of anilines is 1. The first-order chi connectivity index (χ1) is 11.3. The lowest BCUT2D eigenvalue weighted by Crippen LogP contribution is -2.22. The van der Waals surface area contributed by atoms with Crippen molar-refractivity contribution in [3.05, 3.63) is 71.9 Å². The zero-order valence-electron chi connectivity index (χ0n) is 12.6. The van der Waals surface area contributed by atoms with Gasteiger partial charge in [0, 0.05) is 5.39 Å². The highest BCUT2D eigenvalue weighted by Crippen LogP contribution is 2.24. The third kappa shape index (κ3) is 3.62. The van der Waals surface area contributed by atoms with Gasteiger partial charge in [-0.05, 0) is 23.8 Å². The van der Waals surface area contributed by atoms with E-state index >= 15 is 0 Å². The number of pyridine rings is 1. The molecule has 4 nitrogen and oxygen atoms in total. The number of aromatic nitrogens is 1.